The van der Waals surface area contributed by atoms with Gasteiger partial charge in [0.05, 0.1) is 30.8 Å². The number of aryl methyl sites for hydroxylation is 2. The van der Waals surface area contributed by atoms with Crippen molar-refractivity contribution in [1.82, 2.24) is 30.1 Å². The van der Waals surface area contributed by atoms with Gasteiger partial charge in [-0.3, -0.25) is 9.69 Å². The lowest BCUT2D eigenvalue weighted by Gasteiger charge is -2.40. The third kappa shape index (κ3) is 3.17. The highest BCUT2D eigenvalue weighted by Gasteiger charge is 2.35. The van der Waals surface area contributed by atoms with E-state index >= 15 is 0 Å². The minimum absolute atomic E-state index is 0.0353. The second-order valence-electron chi connectivity index (χ2n) is 5.82. The first-order valence-electron chi connectivity index (χ1n) is 8.01. The summed E-state index contributed by atoms with van der Waals surface area (Å²) < 4.78 is 12.5. The lowest BCUT2D eigenvalue weighted by atomic mass is 10.0. The first kappa shape index (κ1) is 16.6. The van der Waals surface area contributed by atoms with Gasteiger partial charge in [0.2, 0.25) is 0 Å². The summed E-state index contributed by atoms with van der Waals surface area (Å²) in [6.45, 7) is 6.55. The third-order valence-electron chi connectivity index (χ3n) is 4.35. The van der Waals surface area contributed by atoms with Crippen LogP contribution >= 0.6 is 0 Å². The van der Waals surface area contributed by atoms with Gasteiger partial charge in [-0.1, -0.05) is 12.1 Å². The van der Waals surface area contributed by atoms with Crippen LogP contribution in [0.1, 0.15) is 34.8 Å². The SMILES string of the molecule is CCN1CCO[C@@H](CNC(=O)c2nonc2C)[C@@H]1c1cncn1C. The molecule has 2 aromatic rings. The smallest absolute Gasteiger partial charge is 0.275 e. The van der Waals surface area contributed by atoms with Crippen molar-refractivity contribution in [2.24, 2.45) is 7.05 Å². The molecular formula is C15H22N6O3. The average Bonchev–Trinajstić information content (AvgIpc) is 3.20. The minimum Gasteiger partial charge on any atom is -0.373 e. The van der Waals surface area contributed by atoms with Crippen LogP contribution in [0.25, 0.3) is 0 Å². The summed E-state index contributed by atoms with van der Waals surface area (Å²) in [5, 5.41) is 10.1. The van der Waals surface area contributed by atoms with Crippen molar-refractivity contribution in [3.05, 3.63) is 29.6 Å². The van der Waals surface area contributed by atoms with Gasteiger partial charge in [-0.15, -0.1) is 0 Å². The van der Waals surface area contributed by atoms with Gasteiger partial charge < -0.3 is 14.6 Å². The normalized spacial score (nSPS) is 21.8. The molecule has 1 fully saturated rings. The topological polar surface area (TPSA) is 98.3 Å². The van der Waals surface area contributed by atoms with Crippen molar-refractivity contribution >= 4 is 5.91 Å². The van der Waals surface area contributed by atoms with Crippen molar-refractivity contribution in [2.75, 3.05) is 26.2 Å². The molecule has 130 valence electrons. The number of imidazole rings is 1. The largest absolute Gasteiger partial charge is 0.373 e. The van der Waals surface area contributed by atoms with E-state index in [1.54, 1.807) is 13.3 Å². The van der Waals surface area contributed by atoms with Gasteiger partial charge in [0, 0.05) is 26.3 Å². The van der Waals surface area contributed by atoms with E-state index in [0.717, 1.165) is 18.8 Å². The number of amides is 1. The molecule has 1 N–H and O–H groups in total. The number of morpholine rings is 1. The summed E-state index contributed by atoms with van der Waals surface area (Å²) in [5.74, 6) is -0.310. The fourth-order valence-electron chi connectivity index (χ4n) is 3.06. The predicted octanol–water partition coefficient (Wildman–Crippen LogP) is 0.303. The molecule has 0 spiro atoms. The lowest BCUT2D eigenvalue weighted by molar-refractivity contribution is -0.0706. The fourth-order valence-corrected chi connectivity index (χ4v) is 3.06. The van der Waals surface area contributed by atoms with Crippen LogP contribution in [0.2, 0.25) is 0 Å². The van der Waals surface area contributed by atoms with Crippen molar-refractivity contribution in [1.29, 1.82) is 0 Å². The molecule has 2 atom stereocenters. The average molecular weight is 334 g/mol. The zero-order chi connectivity index (χ0) is 17.1. The van der Waals surface area contributed by atoms with E-state index in [1.165, 1.54) is 0 Å². The van der Waals surface area contributed by atoms with Crippen LogP contribution in [-0.2, 0) is 11.8 Å². The Bertz CT molecular complexity index is 697. The zero-order valence-electron chi connectivity index (χ0n) is 14.1. The number of hydrogen-bond donors (Lipinski definition) is 1. The van der Waals surface area contributed by atoms with E-state index in [1.807, 2.05) is 17.8 Å². The maximum atomic E-state index is 12.2. The van der Waals surface area contributed by atoms with Crippen molar-refractivity contribution in [3.63, 3.8) is 0 Å². The lowest BCUT2D eigenvalue weighted by Crippen LogP contribution is -2.50. The van der Waals surface area contributed by atoms with E-state index < -0.39 is 0 Å². The Hall–Kier alpha value is -2.26. The van der Waals surface area contributed by atoms with Gasteiger partial charge >= 0.3 is 0 Å². The molecule has 0 bridgehead atoms. The summed E-state index contributed by atoms with van der Waals surface area (Å²) in [7, 11) is 1.96. The van der Waals surface area contributed by atoms with Crippen molar-refractivity contribution in [2.45, 2.75) is 26.0 Å². The molecule has 3 rings (SSSR count). The maximum absolute atomic E-state index is 12.2. The van der Waals surface area contributed by atoms with Gasteiger partial charge in [-0.2, -0.15) is 0 Å². The molecule has 1 aliphatic heterocycles. The first-order valence-corrected chi connectivity index (χ1v) is 8.01. The molecule has 24 heavy (non-hydrogen) atoms. The number of carbonyl (C=O) groups is 1. The van der Waals surface area contributed by atoms with Crippen LogP contribution in [0.3, 0.4) is 0 Å². The van der Waals surface area contributed by atoms with Crippen LogP contribution in [0.5, 0.6) is 0 Å². The van der Waals surface area contributed by atoms with Gasteiger partial charge in [-0.25, -0.2) is 9.61 Å². The Labute approximate surface area is 139 Å². The van der Waals surface area contributed by atoms with E-state index in [-0.39, 0.29) is 23.7 Å². The van der Waals surface area contributed by atoms with Crippen LogP contribution in [0, 0.1) is 6.92 Å². The van der Waals surface area contributed by atoms with Crippen LogP contribution in [-0.4, -0.2) is 63.0 Å². The Morgan fingerprint density at radius 3 is 2.92 bits per heavy atom. The second-order valence-corrected chi connectivity index (χ2v) is 5.82. The van der Waals surface area contributed by atoms with Crippen LogP contribution < -0.4 is 5.32 Å². The van der Waals surface area contributed by atoms with E-state index in [0.29, 0.717) is 18.8 Å². The summed E-state index contributed by atoms with van der Waals surface area (Å²) in [5.41, 5.74) is 1.74. The second kappa shape index (κ2) is 7.10. The number of nitrogens with one attached hydrogen (secondary N) is 1. The Morgan fingerprint density at radius 2 is 2.29 bits per heavy atom. The monoisotopic (exact) mass is 334 g/mol. The molecular weight excluding hydrogens is 312 g/mol. The molecule has 3 heterocycles. The van der Waals surface area contributed by atoms with Crippen LogP contribution in [0.4, 0.5) is 0 Å². The summed E-state index contributed by atoms with van der Waals surface area (Å²) in [4.78, 5) is 18.8. The molecule has 9 heteroatoms. The van der Waals surface area contributed by atoms with E-state index in [2.05, 4.69) is 37.1 Å². The van der Waals surface area contributed by atoms with Gasteiger partial charge in [0.25, 0.3) is 5.91 Å². The Morgan fingerprint density at radius 1 is 1.46 bits per heavy atom. The van der Waals surface area contributed by atoms with Gasteiger partial charge in [-0.05, 0) is 18.6 Å². The number of carbonyl (C=O) groups excluding carboxylic acids is 1. The molecule has 2 aromatic heterocycles. The maximum Gasteiger partial charge on any atom is 0.275 e. The van der Waals surface area contributed by atoms with E-state index in [4.69, 9.17) is 4.74 Å². The molecule has 9 nitrogen and oxygen atoms in total. The third-order valence-corrected chi connectivity index (χ3v) is 4.35. The number of hydrogen-bond acceptors (Lipinski definition) is 7. The number of rotatable bonds is 5. The van der Waals surface area contributed by atoms with Gasteiger partial charge in [0.1, 0.15) is 5.69 Å². The summed E-state index contributed by atoms with van der Waals surface area (Å²) in [6, 6.07) is 0.0353. The summed E-state index contributed by atoms with van der Waals surface area (Å²) in [6.07, 6.45) is 3.46. The molecule has 0 aromatic carbocycles. The zero-order valence-corrected chi connectivity index (χ0v) is 14.1. The minimum atomic E-state index is -0.310. The molecule has 0 unspecified atom stereocenters. The van der Waals surface area contributed by atoms with Gasteiger partial charge in [0.15, 0.2) is 5.69 Å². The number of likely N-dealkylation sites (N-methyl/N-ethyl adjacent to an activating group) is 1. The summed E-state index contributed by atoms with van der Waals surface area (Å²) >= 11 is 0. The molecule has 1 saturated heterocycles. The van der Waals surface area contributed by atoms with E-state index in [9.17, 15) is 4.79 Å². The Balaban J connectivity index is 1.73. The molecule has 0 aliphatic carbocycles. The highest BCUT2D eigenvalue weighted by Crippen LogP contribution is 2.28. The van der Waals surface area contributed by atoms with Crippen LogP contribution in [0.15, 0.2) is 17.2 Å². The predicted molar refractivity (Wildman–Crippen MR) is 84.3 cm³/mol. The molecule has 0 saturated carbocycles. The molecule has 1 aliphatic rings. The molecule has 0 radical (unpaired) electrons. The van der Waals surface area contributed by atoms with Crippen molar-refractivity contribution < 1.29 is 14.2 Å². The first-order chi connectivity index (χ1) is 11.6. The molecule has 1 amide bonds. The fraction of sp³-hybridized carbons (Fsp3) is 0.600. The standard InChI is InChI=1S/C15H22N6O3/c1-4-21-5-6-23-12(14(21)11-7-16-9-20(11)3)8-17-15(22)13-10(2)18-24-19-13/h7,9,12,14H,4-6,8H2,1-3H3,(H,17,22)/t12-,14-/m0/s1. The quantitative estimate of drug-likeness (QED) is 0.840. The Kier molecular flexibility index (Phi) is 4.91. The number of ether oxygens (including phenoxy) is 1. The number of nitrogens with zero attached hydrogens (tertiary/aromatic N) is 5. The highest BCUT2D eigenvalue weighted by atomic mass is 16.6. The number of aromatic nitrogens is 4. The highest BCUT2D eigenvalue weighted by molar-refractivity contribution is 5.92. The van der Waals surface area contributed by atoms with Crippen molar-refractivity contribution in [3.8, 4) is 0 Å².